The van der Waals surface area contributed by atoms with Gasteiger partial charge in [-0.05, 0) is 49.7 Å². The summed E-state index contributed by atoms with van der Waals surface area (Å²) in [5.74, 6) is -0.352. The zero-order chi connectivity index (χ0) is 16.4. The first-order chi connectivity index (χ1) is 11.1. The first kappa shape index (κ1) is 17.8. The Morgan fingerprint density at radius 3 is 2.50 bits per heavy atom. The Hall–Kier alpha value is -2.59. The lowest BCUT2D eigenvalue weighted by atomic mass is 10.1. The number of esters is 1. The lowest BCUT2D eigenvalue weighted by Crippen LogP contribution is -2.02. The normalized spacial score (nSPS) is 10.1. The molecule has 0 amide bonds. The summed E-state index contributed by atoms with van der Waals surface area (Å²) in [6, 6.07) is 15.5. The summed E-state index contributed by atoms with van der Waals surface area (Å²) in [7, 11) is 1.38. The smallest absolute Gasteiger partial charge is 0.337 e. The van der Waals surface area contributed by atoms with Gasteiger partial charge in [-0.25, -0.2) is 4.79 Å². The highest BCUT2D eigenvalue weighted by Gasteiger charge is 2.10. The van der Waals surface area contributed by atoms with Gasteiger partial charge in [-0.3, -0.25) is 4.98 Å². The van der Waals surface area contributed by atoms with Crippen LogP contribution in [0.25, 0.3) is 10.9 Å². The summed E-state index contributed by atoms with van der Waals surface area (Å²) in [6.07, 6.45) is 0. The van der Waals surface area contributed by atoms with Gasteiger partial charge in [-0.15, -0.1) is 12.4 Å². The van der Waals surface area contributed by atoms with Crippen LogP contribution >= 0.6 is 12.4 Å². The average Bonchev–Trinajstić information content (AvgIpc) is 2.55. The number of hydrogen-bond donors (Lipinski definition) is 1. The Labute approximate surface area is 147 Å². The fraction of sp³-hybridized carbons (Fsp3) is 0.158. The predicted molar refractivity (Wildman–Crippen MR) is 99.5 cm³/mol. The highest BCUT2D eigenvalue weighted by molar-refractivity contribution is 5.99. The number of para-hydroxylation sites is 1. The first-order valence-electron chi connectivity index (χ1n) is 7.41. The molecule has 4 nitrogen and oxygen atoms in total. The molecule has 0 aliphatic carbocycles. The largest absolute Gasteiger partial charge is 0.465 e. The lowest BCUT2D eigenvalue weighted by molar-refractivity contribution is 0.0601. The molecular weight excluding hydrogens is 324 g/mol. The van der Waals surface area contributed by atoms with Gasteiger partial charge < -0.3 is 10.1 Å². The number of methoxy groups -OCH3 is 1. The van der Waals surface area contributed by atoms with E-state index in [4.69, 9.17) is 4.74 Å². The van der Waals surface area contributed by atoms with Crippen LogP contribution in [0.4, 0.5) is 11.4 Å². The summed E-state index contributed by atoms with van der Waals surface area (Å²) >= 11 is 0. The summed E-state index contributed by atoms with van der Waals surface area (Å²) in [5, 5.41) is 4.34. The van der Waals surface area contributed by atoms with Crippen LogP contribution in [-0.4, -0.2) is 18.1 Å². The molecule has 0 aliphatic heterocycles. The van der Waals surface area contributed by atoms with Gasteiger partial charge >= 0.3 is 5.97 Å². The maximum absolute atomic E-state index is 11.8. The van der Waals surface area contributed by atoms with E-state index in [1.54, 1.807) is 6.07 Å². The minimum atomic E-state index is -0.352. The summed E-state index contributed by atoms with van der Waals surface area (Å²) in [6.45, 7) is 4.01. The van der Waals surface area contributed by atoms with Crippen LogP contribution in [0.15, 0.2) is 48.5 Å². The minimum Gasteiger partial charge on any atom is -0.465 e. The van der Waals surface area contributed by atoms with Crippen LogP contribution in [0.5, 0.6) is 0 Å². The molecule has 124 valence electrons. The molecule has 0 radical (unpaired) electrons. The third kappa shape index (κ3) is 3.49. The molecule has 0 atom stereocenters. The Morgan fingerprint density at radius 2 is 1.79 bits per heavy atom. The zero-order valence-corrected chi connectivity index (χ0v) is 14.6. The number of aryl methyl sites for hydroxylation is 2. The number of halogens is 1. The Bertz CT molecular complexity index is 894. The van der Waals surface area contributed by atoms with Crippen LogP contribution in [-0.2, 0) is 4.74 Å². The fourth-order valence-corrected chi connectivity index (χ4v) is 2.56. The number of ether oxygens (including phenoxy) is 1. The minimum absolute atomic E-state index is 0. The maximum atomic E-state index is 11.8. The predicted octanol–water partition coefficient (Wildman–Crippen LogP) is 4.80. The molecule has 24 heavy (non-hydrogen) atoms. The van der Waals surface area contributed by atoms with E-state index in [1.807, 2.05) is 43.3 Å². The van der Waals surface area contributed by atoms with Crippen molar-refractivity contribution in [2.24, 2.45) is 0 Å². The number of hydrogen-bond acceptors (Lipinski definition) is 4. The number of carbonyl (C=O) groups excluding carboxylic acids is 1. The number of rotatable bonds is 3. The SMILES string of the molecule is COC(=O)c1ccc2nc(C)cc(Nc3ccccc3C)c2c1.Cl. The van der Waals surface area contributed by atoms with Crippen molar-refractivity contribution >= 4 is 40.7 Å². The fourth-order valence-electron chi connectivity index (χ4n) is 2.56. The lowest BCUT2D eigenvalue weighted by Gasteiger charge is -2.13. The standard InChI is InChI=1S/C19H18N2O2.ClH/c1-12-6-4-5-7-16(12)21-18-10-13(2)20-17-9-8-14(11-15(17)18)19(22)23-3;/h4-11H,1-3H3,(H,20,21);1H. The molecule has 5 heteroatoms. The molecule has 0 unspecified atom stereocenters. The molecule has 0 saturated heterocycles. The van der Waals surface area contributed by atoms with Gasteiger partial charge in [0.1, 0.15) is 0 Å². The third-order valence-corrected chi connectivity index (χ3v) is 3.77. The van der Waals surface area contributed by atoms with Crippen molar-refractivity contribution in [2.45, 2.75) is 13.8 Å². The third-order valence-electron chi connectivity index (χ3n) is 3.77. The van der Waals surface area contributed by atoms with Gasteiger partial charge in [-0.1, -0.05) is 18.2 Å². The summed E-state index contributed by atoms with van der Waals surface area (Å²) < 4.78 is 4.81. The molecule has 0 saturated carbocycles. The van der Waals surface area contributed by atoms with Crippen molar-refractivity contribution in [1.29, 1.82) is 0 Å². The molecule has 1 heterocycles. The second kappa shape index (κ2) is 7.32. The number of nitrogens with zero attached hydrogens (tertiary/aromatic N) is 1. The molecule has 2 aromatic carbocycles. The van der Waals surface area contributed by atoms with E-state index in [0.717, 1.165) is 33.5 Å². The Balaban J connectivity index is 0.00000208. The second-order valence-corrected chi connectivity index (χ2v) is 5.47. The van der Waals surface area contributed by atoms with Gasteiger partial charge in [0.05, 0.1) is 18.2 Å². The monoisotopic (exact) mass is 342 g/mol. The number of pyridine rings is 1. The quantitative estimate of drug-likeness (QED) is 0.694. The number of aromatic nitrogens is 1. The van der Waals surface area contributed by atoms with Crippen molar-refractivity contribution in [3.63, 3.8) is 0 Å². The van der Waals surface area contributed by atoms with E-state index in [9.17, 15) is 4.79 Å². The average molecular weight is 343 g/mol. The Kier molecular flexibility index (Phi) is 5.42. The second-order valence-electron chi connectivity index (χ2n) is 5.47. The van der Waals surface area contributed by atoms with Crippen molar-refractivity contribution < 1.29 is 9.53 Å². The molecule has 0 spiro atoms. The van der Waals surface area contributed by atoms with Crippen molar-refractivity contribution in [3.05, 3.63) is 65.4 Å². The van der Waals surface area contributed by atoms with E-state index in [0.29, 0.717) is 5.56 Å². The van der Waals surface area contributed by atoms with E-state index >= 15 is 0 Å². The molecule has 3 aromatic rings. The number of nitrogens with one attached hydrogen (secondary N) is 1. The molecule has 3 rings (SSSR count). The van der Waals surface area contributed by atoms with Crippen LogP contribution in [0.3, 0.4) is 0 Å². The van der Waals surface area contributed by atoms with E-state index in [2.05, 4.69) is 23.3 Å². The first-order valence-corrected chi connectivity index (χ1v) is 7.41. The van der Waals surface area contributed by atoms with Gasteiger partial charge in [0.2, 0.25) is 0 Å². The van der Waals surface area contributed by atoms with Crippen LogP contribution in [0.2, 0.25) is 0 Å². The number of benzene rings is 2. The molecule has 1 aromatic heterocycles. The van der Waals surface area contributed by atoms with E-state index in [-0.39, 0.29) is 18.4 Å². The van der Waals surface area contributed by atoms with Crippen LogP contribution in [0.1, 0.15) is 21.6 Å². The van der Waals surface area contributed by atoms with Crippen LogP contribution in [0, 0.1) is 13.8 Å². The maximum Gasteiger partial charge on any atom is 0.337 e. The molecular formula is C19H19ClN2O2. The van der Waals surface area contributed by atoms with Crippen molar-refractivity contribution in [2.75, 3.05) is 12.4 Å². The number of anilines is 2. The van der Waals surface area contributed by atoms with Gasteiger partial charge in [0, 0.05) is 22.5 Å². The molecule has 0 aliphatic rings. The number of fused-ring (bicyclic) bond motifs is 1. The highest BCUT2D eigenvalue weighted by atomic mass is 35.5. The van der Waals surface area contributed by atoms with Crippen molar-refractivity contribution in [1.82, 2.24) is 4.98 Å². The van der Waals surface area contributed by atoms with Crippen molar-refractivity contribution in [3.8, 4) is 0 Å². The van der Waals surface area contributed by atoms with Crippen LogP contribution < -0.4 is 5.32 Å². The molecule has 1 N–H and O–H groups in total. The summed E-state index contributed by atoms with van der Waals surface area (Å²) in [5.41, 5.74) is 5.38. The summed E-state index contributed by atoms with van der Waals surface area (Å²) in [4.78, 5) is 16.3. The van der Waals surface area contributed by atoms with Gasteiger partial charge in [0.15, 0.2) is 0 Å². The Morgan fingerprint density at radius 1 is 1.04 bits per heavy atom. The molecule has 0 bridgehead atoms. The van der Waals surface area contributed by atoms with Gasteiger partial charge in [0.25, 0.3) is 0 Å². The van der Waals surface area contributed by atoms with E-state index in [1.165, 1.54) is 7.11 Å². The van der Waals surface area contributed by atoms with Gasteiger partial charge in [-0.2, -0.15) is 0 Å². The highest BCUT2D eigenvalue weighted by Crippen LogP contribution is 2.28. The topological polar surface area (TPSA) is 51.2 Å². The number of carbonyl (C=O) groups is 1. The van der Waals surface area contributed by atoms with E-state index < -0.39 is 0 Å². The zero-order valence-electron chi connectivity index (χ0n) is 13.8. The molecule has 0 fully saturated rings.